The van der Waals surface area contributed by atoms with Gasteiger partial charge in [0.1, 0.15) is 0 Å². The van der Waals surface area contributed by atoms with Crippen LogP contribution in [0.25, 0.3) is 0 Å². The number of aryl methyl sites for hydroxylation is 2. The minimum absolute atomic E-state index is 0.972. The standard InChI is InChI=1S/C8H14N2S/c1-8-4-6-10(9-8)5-2-3-7-11/h4,6,11H,2-3,5,7H2,1H3. The van der Waals surface area contributed by atoms with Gasteiger partial charge < -0.3 is 0 Å². The summed E-state index contributed by atoms with van der Waals surface area (Å²) in [5.41, 5.74) is 1.09. The molecule has 0 aromatic carbocycles. The zero-order valence-corrected chi connectivity index (χ0v) is 7.72. The van der Waals surface area contributed by atoms with Crippen molar-refractivity contribution in [1.82, 2.24) is 9.78 Å². The number of aromatic nitrogens is 2. The second kappa shape index (κ2) is 4.44. The van der Waals surface area contributed by atoms with Crippen LogP contribution in [0.5, 0.6) is 0 Å². The van der Waals surface area contributed by atoms with Gasteiger partial charge in [0.05, 0.1) is 5.69 Å². The van der Waals surface area contributed by atoms with Crippen LogP contribution in [0.3, 0.4) is 0 Å². The van der Waals surface area contributed by atoms with E-state index in [0.29, 0.717) is 0 Å². The van der Waals surface area contributed by atoms with Crippen molar-refractivity contribution >= 4 is 12.6 Å². The molecule has 0 atom stereocenters. The summed E-state index contributed by atoms with van der Waals surface area (Å²) < 4.78 is 1.98. The highest BCUT2D eigenvalue weighted by atomic mass is 32.1. The molecule has 1 aromatic heterocycles. The lowest BCUT2D eigenvalue weighted by Gasteiger charge is -1.98. The Bertz CT molecular complexity index is 208. The summed E-state index contributed by atoms with van der Waals surface area (Å²) in [4.78, 5) is 0. The van der Waals surface area contributed by atoms with Crippen molar-refractivity contribution < 1.29 is 0 Å². The fraction of sp³-hybridized carbons (Fsp3) is 0.625. The molecule has 2 nitrogen and oxygen atoms in total. The lowest BCUT2D eigenvalue weighted by molar-refractivity contribution is 0.570. The Morgan fingerprint density at radius 3 is 2.91 bits per heavy atom. The number of nitrogens with zero attached hydrogens (tertiary/aromatic N) is 2. The fourth-order valence-corrected chi connectivity index (χ4v) is 1.20. The van der Waals surface area contributed by atoms with Gasteiger partial charge in [-0.1, -0.05) is 0 Å². The Kier molecular flexibility index (Phi) is 3.49. The summed E-state index contributed by atoms with van der Waals surface area (Å²) in [6, 6.07) is 2.03. The van der Waals surface area contributed by atoms with Crippen LogP contribution in [-0.2, 0) is 6.54 Å². The lowest BCUT2D eigenvalue weighted by Crippen LogP contribution is -1.98. The summed E-state index contributed by atoms with van der Waals surface area (Å²) in [5.74, 6) is 0.972. The second-order valence-corrected chi connectivity index (χ2v) is 3.10. The second-order valence-electron chi connectivity index (χ2n) is 2.65. The van der Waals surface area contributed by atoms with Gasteiger partial charge in [0.15, 0.2) is 0 Å². The molecule has 0 N–H and O–H groups in total. The Morgan fingerprint density at radius 1 is 1.55 bits per heavy atom. The van der Waals surface area contributed by atoms with Crippen molar-refractivity contribution in [2.75, 3.05) is 5.75 Å². The zero-order valence-electron chi connectivity index (χ0n) is 6.82. The third kappa shape index (κ3) is 2.97. The molecule has 1 heterocycles. The van der Waals surface area contributed by atoms with Crippen LogP contribution in [0.1, 0.15) is 18.5 Å². The van der Waals surface area contributed by atoms with E-state index < -0.39 is 0 Å². The maximum atomic E-state index is 4.27. The molecular weight excluding hydrogens is 156 g/mol. The number of hydrogen-bond acceptors (Lipinski definition) is 2. The van der Waals surface area contributed by atoms with Crippen molar-refractivity contribution in [2.24, 2.45) is 0 Å². The molecule has 62 valence electrons. The molecule has 0 bridgehead atoms. The molecule has 11 heavy (non-hydrogen) atoms. The summed E-state index contributed by atoms with van der Waals surface area (Å²) >= 11 is 4.14. The van der Waals surface area contributed by atoms with E-state index in [1.807, 2.05) is 23.9 Å². The van der Waals surface area contributed by atoms with E-state index in [4.69, 9.17) is 0 Å². The van der Waals surface area contributed by atoms with Crippen LogP contribution in [0.15, 0.2) is 12.3 Å². The van der Waals surface area contributed by atoms with E-state index in [0.717, 1.165) is 18.0 Å². The lowest BCUT2D eigenvalue weighted by atomic mass is 10.3. The maximum Gasteiger partial charge on any atom is 0.0593 e. The predicted molar refractivity (Wildman–Crippen MR) is 50.1 cm³/mol. The zero-order chi connectivity index (χ0) is 8.10. The van der Waals surface area contributed by atoms with Gasteiger partial charge in [0.25, 0.3) is 0 Å². The monoisotopic (exact) mass is 170 g/mol. The first kappa shape index (κ1) is 8.65. The van der Waals surface area contributed by atoms with E-state index in [9.17, 15) is 0 Å². The summed E-state index contributed by atoms with van der Waals surface area (Å²) in [6.07, 6.45) is 4.36. The number of unbranched alkanes of at least 4 members (excludes halogenated alkanes) is 1. The van der Waals surface area contributed by atoms with E-state index in [1.54, 1.807) is 0 Å². The van der Waals surface area contributed by atoms with Gasteiger partial charge >= 0.3 is 0 Å². The average molecular weight is 170 g/mol. The highest BCUT2D eigenvalue weighted by Gasteiger charge is 1.92. The molecule has 0 amide bonds. The molecule has 0 fully saturated rings. The largest absolute Gasteiger partial charge is 0.273 e. The van der Waals surface area contributed by atoms with Crippen molar-refractivity contribution in [2.45, 2.75) is 26.3 Å². The van der Waals surface area contributed by atoms with Crippen molar-refractivity contribution in [3.63, 3.8) is 0 Å². The molecule has 1 rings (SSSR count). The van der Waals surface area contributed by atoms with Crippen molar-refractivity contribution in [1.29, 1.82) is 0 Å². The van der Waals surface area contributed by atoms with Crippen LogP contribution < -0.4 is 0 Å². The first-order valence-electron chi connectivity index (χ1n) is 3.94. The molecular formula is C8H14N2S. The number of thiol groups is 1. The molecule has 0 unspecified atom stereocenters. The van der Waals surface area contributed by atoms with Gasteiger partial charge in [0, 0.05) is 12.7 Å². The third-order valence-electron chi connectivity index (χ3n) is 1.57. The minimum atomic E-state index is 0.972. The molecule has 0 aliphatic heterocycles. The van der Waals surface area contributed by atoms with Gasteiger partial charge in [-0.05, 0) is 31.6 Å². The van der Waals surface area contributed by atoms with Crippen LogP contribution in [0, 0.1) is 6.92 Å². The first-order valence-corrected chi connectivity index (χ1v) is 4.57. The molecule has 0 saturated carbocycles. The number of rotatable bonds is 4. The predicted octanol–water partition coefficient (Wildman–Crippen LogP) is 1.90. The van der Waals surface area contributed by atoms with Crippen LogP contribution in [0.4, 0.5) is 0 Å². The van der Waals surface area contributed by atoms with Gasteiger partial charge in [-0.25, -0.2) is 0 Å². The van der Waals surface area contributed by atoms with Gasteiger partial charge in [-0.15, -0.1) is 0 Å². The van der Waals surface area contributed by atoms with Crippen LogP contribution in [-0.4, -0.2) is 15.5 Å². The van der Waals surface area contributed by atoms with E-state index in [-0.39, 0.29) is 0 Å². The molecule has 0 spiro atoms. The minimum Gasteiger partial charge on any atom is -0.273 e. The molecule has 1 aromatic rings. The molecule has 0 aliphatic rings. The van der Waals surface area contributed by atoms with Gasteiger partial charge in [-0.3, -0.25) is 4.68 Å². The summed E-state index contributed by atoms with van der Waals surface area (Å²) in [7, 11) is 0. The molecule has 0 aliphatic carbocycles. The van der Waals surface area contributed by atoms with Crippen LogP contribution >= 0.6 is 12.6 Å². The Labute approximate surface area is 73.0 Å². The highest BCUT2D eigenvalue weighted by Crippen LogP contribution is 1.97. The summed E-state index contributed by atoms with van der Waals surface area (Å²) in [6.45, 7) is 3.03. The molecule has 0 saturated heterocycles. The molecule has 3 heteroatoms. The summed E-state index contributed by atoms with van der Waals surface area (Å²) in [5, 5.41) is 4.27. The highest BCUT2D eigenvalue weighted by molar-refractivity contribution is 7.80. The quantitative estimate of drug-likeness (QED) is 0.540. The fourth-order valence-electron chi connectivity index (χ4n) is 0.973. The third-order valence-corrected chi connectivity index (χ3v) is 1.89. The SMILES string of the molecule is Cc1ccn(CCCCS)n1. The first-order chi connectivity index (χ1) is 5.33. The Balaban J connectivity index is 2.27. The van der Waals surface area contributed by atoms with E-state index >= 15 is 0 Å². The van der Waals surface area contributed by atoms with E-state index in [2.05, 4.69) is 17.7 Å². The van der Waals surface area contributed by atoms with Crippen molar-refractivity contribution in [3.8, 4) is 0 Å². The van der Waals surface area contributed by atoms with Crippen LogP contribution in [0.2, 0.25) is 0 Å². The number of hydrogen-bond donors (Lipinski definition) is 1. The maximum absolute atomic E-state index is 4.27. The van der Waals surface area contributed by atoms with E-state index in [1.165, 1.54) is 12.8 Å². The van der Waals surface area contributed by atoms with Crippen molar-refractivity contribution in [3.05, 3.63) is 18.0 Å². The van der Waals surface area contributed by atoms with Gasteiger partial charge in [0.2, 0.25) is 0 Å². The topological polar surface area (TPSA) is 17.8 Å². The molecule has 0 radical (unpaired) electrons. The normalized spacial score (nSPS) is 10.4. The van der Waals surface area contributed by atoms with Gasteiger partial charge in [-0.2, -0.15) is 17.7 Å². The Hall–Kier alpha value is -0.440. The average Bonchev–Trinajstić information content (AvgIpc) is 2.37. The smallest absolute Gasteiger partial charge is 0.0593 e. The Morgan fingerprint density at radius 2 is 2.36 bits per heavy atom.